The number of hydrogen-bond donors (Lipinski definition) is 1. The molecule has 0 aromatic heterocycles. The van der Waals surface area contributed by atoms with Gasteiger partial charge in [-0.3, -0.25) is 0 Å². The highest BCUT2D eigenvalue weighted by Crippen LogP contribution is 2.47. The second-order valence-corrected chi connectivity index (χ2v) is 7.56. The Balaban J connectivity index is 2.22. The van der Waals surface area contributed by atoms with Gasteiger partial charge in [0, 0.05) is 10.0 Å². The Labute approximate surface area is 139 Å². The van der Waals surface area contributed by atoms with Crippen LogP contribution < -0.4 is 14.8 Å². The van der Waals surface area contributed by atoms with Gasteiger partial charge in [0.2, 0.25) is 0 Å². The molecule has 0 aliphatic heterocycles. The maximum atomic E-state index is 12.7. The van der Waals surface area contributed by atoms with Crippen molar-refractivity contribution in [3.05, 3.63) is 57.6 Å². The summed E-state index contributed by atoms with van der Waals surface area (Å²) in [6.45, 7) is 3.65. The van der Waals surface area contributed by atoms with Crippen LogP contribution in [0.2, 0.25) is 10.0 Å². The molecule has 0 fully saturated rings. The molecule has 0 heterocycles. The molecule has 2 aromatic carbocycles. The van der Waals surface area contributed by atoms with Crippen molar-refractivity contribution in [3.8, 4) is 11.5 Å². The predicted molar refractivity (Wildman–Crippen MR) is 90.3 cm³/mol. The summed E-state index contributed by atoms with van der Waals surface area (Å²) in [5.41, 5.74) is 7.19. The fourth-order valence-corrected chi connectivity index (χ4v) is 3.05. The lowest BCUT2D eigenvalue weighted by atomic mass is 10.2. The van der Waals surface area contributed by atoms with Gasteiger partial charge in [0.15, 0.2) is 0 Å². The van der Waals surface area contributed by atoms with Crippen molar-refractivity contribution in [2.45, 2.75) is 13.8 Å². The number of benzene rings is 2. The van der Waals surface area contributed by atoms with Gasteiger partial charge in [-0.05, 0) is 61.4 Å². The summed E-state index contributed by atoms with van der Waals surface area (Å²) in [6.07, 6.45) is -0.254. The number of nitrogens with two attached hydrogens (primary N) is 1. The third kappa shape index (κ3) is 4.17. The van der Waals surface area contributed by atoms with Crippen LogP contribution in [0.1, 0.15) is 11.1 Å². The fourth-order valence-electron chi connectivity index (χ4n) is 1.76. The van der Waals surface area contributed by atoms with Crippen molar-refractivity contribution in [1.82, 2.24) is 0 Å². The Morgan fingerprint density at radius 3 is 1.68 bits per heavy atom. The minimum absolute atomic E-state index is 0.254. The van der Waals surface area contributed by atoms with Crippen LogP contribution in [0.4, 0.5) is 0 Å². The van der Waals surface area contributed by atoms with Crippen molar-refractivity contribution in [2.24, 2.45) is 5.73 Å². The molecule has 0 aliphatic carbocycles. The summed E-state index contributed by atoms with van der Waals surface area (Å²) < 4.78 is 23.6. The molecular weight excluding hydrogens is 344 g/mol. The molecular formula is C15H16Cl2NO3P. The molecule has 0 aliphatic rings. The molecule has 22 heavy (non-hydrogen) atoms. The molecule has 0 spiro atoms. The van der Waals surface area contributed by atoms with Crippen LogP contribution in [0, 0.1) is 13.8 Å². The molecule has 7 heteroatoms. The maximum absolute atomic E-state index is 12.7. The lowest BCUT2D eigenvalue weighted by Crippen LogP contribution is -2.11. The summed E-state index contributed by atoms with van der Waals surface area (Å²) in [5, 5.41) is 1.20. The largest absolute Gasteiger partial charge is 0.444 e. The average molecular weight is 360 g/mol. The molecule has 0 bridgehead atoms. The van der Waals surface area contributed by atoms with Gasteiger partial charge in [0.05, 0.1) is 0 Å². The van der Waals surface area contributed by atoms with E-state index in [9.17, 15) is 4.57 Å². The zero-order valence-corrected chi connectivity index (χ0v) is 14.6. The highest BCUT2D eigenvalue weighted by atomic mass is 35.5. The molecule has 0 unspecified atom stereocenters. The van der Waals surface area contributed by atoms with E-state index in [0.29, 0.717) is 21.5 Å². The first-order chi connectivity index (χ1) is 10.3. The van der Waals surface area contributed by atoms with E-state index in [1.165, 1.54) is 0 Å². The van der Waals surface area contributed by atoms with Crippen molar-refractivity contribution in [3.63, 3.8) is 0 Å². The van der Waals surface area contributed by atoms with Crippen LogP contribution in [0.5, 0.6) is 11.5 Å². The molecule has 2 rings (SSSR count). The molecule has 0 amide bonds. The summed E-state index contributed by atoms with van der Waals surface area (Å²) in [7, 11) is -3.52. The van der Waals surface area contributed by atoms with E-state index in [2.05, 4.69) is 0 Å². The van der Waals surface area contributed by atoms with E-state index in [0.717, 1.165) is 11.1 Å². The fraction of sp³-hybridized carbons (Fsp3) is 0.200. The van der Waals surface area contributed by atoms with Gasteiger partial charge in [-0.2, -0.15) is 0 Å². The summed E-state index contributed by atoms with van der Waals surface area (Å²) in [4.78, 5) is 0. The Morgan fingerprint density at radius 2 is 1.36 bits per heavy atom. The molecule has 4 nitrogen and oxygen atoms in total. The Morgan fingerprint density at radius 1 is 0.955 bits per heavy atom. The first-order valence-electron chi connectivity index (χ1n) is 6.53. The summed E-state index contributed by atoms with van der Waals surface area (Å²) >= 11 is 11.9. The molecule has 0 radical (unpaired) electrons. The molecule has 118 valence electrons. The topological polar surface area (TPSA) is 61.5 Å². The first kappa shape index (κ1) is 17.2. The van der Waals surface area contributed by atoms with Gasteiger partial charge in [-0.1, -0.05) is 23.2 Å². The monoisotopic (exact) mass is 359 g/mol. The van der Waals surface area contributed by atoms with Crippen LogP contribution in [0.25, 0.3) is 0 Å². The minimum Gasteiger partial charge on any atom is -0.415 e. The van der Waals surface area contributed by atoms with Crippen LogP contribution >= 0.6 is 30.8 Å². The first-order valence-corrected chi connectivity index (χ1v) is 9.02. The van der Waals surface area contributed by atoms with Crippen LogP contribution in [0.3, 0.4) is 0 Å². The van der Waals surface area contributed by atoms with E-state index in [4.69, 9.17) is 38.0 Å². The van der Waals surface area contributed by atoms with Gasteiger partial charge < -0.3 is 14.8 Å². The number of hydrogen-bond acceptors (Lipinski definition) is 4. The van der Waals surface area contributed by atoms with Crippen LogP contribution in [-0.2, 0) is 4.57 Å². The summed E-state index contributed by atoms with van der Waals surface area (Å²) in [6, 6.07) is 9.93. The van der Waals surface area contributed by atoms with Crippen molar-refractivity contribution < 1.29 is 13.6 Å². The molecule has 0 atom stereocenters. The Hall–Kier alpha value is -1.19. The highest BCUT2D eigenvalue weighted by molar-refractivity contribution is 7.54. The van der Waals surface area contributed by atoms with Gasteiger partial charge in [-0.25, -0.2) is 4.57 Å². The van der Waals surface area contributed by atoms with Gasteiger partial charge in [-0.15, -0.1) is 0 Å². The second kappa shape index (κ2) is 6.93. The predicted octanol–water partition coefficient (Wildman–Crippen LogP) is 5.18. The smallest absolute Gasteiger partial charge is 0.415 e. The zero-order valence-electron chi connectivity index (χ0n) is 12.2. The van der Waals surface area contributed by atoms with Crippen LogP contribution in [-0.4, -0.2) is 6.29 Å². The van der Waals surface area contributed by atoms with E-state index < -0.39 is 7.60 Å². The number of rotatable bonds is 5. The van der Waals surface area contributed by atoms with Gasteiger partial charge in [0.25, 0.3) is 0 Å². The molecule has 2 N–H and O–H groups in total. The van der Waals surface area contributed by atoms with Crippen molar-refractivity contribution >= 4 is 30.8 Å². The lowest BCUT2D eigenvalue weighted by molar-refractivity contribution is 0.386. The minimum atomic E-state index is -3.52. The van der Waals surface area contributed by atoms with E-state index in [1.54, 1.807) is 36.4 Å². The highest BCUT2D eigenvalue weighted by Gasteiger charge is 2.26. The quantitative estimate of drug-likeness (QED) is 0.747. The summed E-state index contributed by atoms with van der Waals surface area (Å²) in [5.74, 6) is 0.780. The maximum Gasteiger partial charge on any atom is 0.444 e. The lowest BCUT2D eigenvalue weighted by Gasteiger charge is -2.19. The Kier molecular flexibility index (Phi) is 5.41. The van der Waals surface area contributed by atoms with E-state index in [-0.39, 0.29) is 6.29 Å². The molecule has 2 aromatic rings. The van der Waals surface area contributed by atoms with Crippen molar-refractivity contribution in [2.75, 3.05) is 6.29 Å². The van der Waals surface area contributed by atoms with E-state index >= 15 is 0 Å². The van der Waals surface area contributed by atoms with Crippen LogP contribution in [0.15, 0.2) is 36.4 Å². The number of halogens is 2. The normalized spacial score (nSPS) is 11.3. The second-order valence-electron chi connectivity index (χ2n) is 4.80. The standard InChI is InChI=1S/C15H16Cl2NO3P/c1-10-7-12(3-5-14(10)16)20-22(19,9-18)21-13-4-6-15(17)11(2)8-13/h3-8H,9,18H2,1-2H3. The zero-order chi connectivity index (χ0) is 16.3. The van der Waals surface area contributed by atoms with E-state index in [1.807, 2.05) is 13.8 Å². The SMILES string of the molecule is Cc1cc(OP(=O)(CN)Oc2ccc(Cl)c(C)c2)ccc1Cl. The molecule has 0 saturated carbocycles. The van der Waals surface area contributed by atoms with Gasteiger partial charge in [0.1, 0.15) is 17.8 Å². The van der Waals surface area contributed by atoms with Gasteiger partial charge >= 0.3 is 7.60 Å². The number of aryl methyl sites for hydroxylation is 2. The third-order valence-corrected chi connectivity index (χ3v) is 5.24. The Bertz CT molecular complexity index is 679. The molecule has 0 saturated heterocycles. The van der Waals surface area contributed by atoms with Crippen molar-refractivity contribution in [1.29, 1.82) is 0 Å². The average Bonchev–Trinajstić information content (AvgIpc) is 2.47. The third-order valence-electron chi connectivity index (χ3n) is 2.97.